The Morgan fingerprint density at radius 1 is 1.38 bits per heavy atom. The number of amides is 1. The summed E-state index contributed by atoms with van der Waals surface area (Å²) in [6, 6.07) is 1.25. The molecule has 1 aromatic rings. The van der Waals surface area contributed by atoms with E-state index >= 15 is 0 Å². The van der Waals surface area contributed by atoms with Crippen LogP contribution >= 0.6 is 0 Å². The summed E-state index contributed by atoms with van der Waals surface area (Å²) in [6.07, 6.45) is 2.88. The van der Waals surface area contributed by atoms with Crippen LogP contribution in [0.25, 0.3) is 0 Å². The molecule has 0 aliphatic carbocycles. The van der Waals surface area contributed by atoms with Crippen LogP contribution in [0.3, 0.4) is 0 Å². The van der Waals surface area contributed by atoms with E-state index in [1.54, 1.807) is 14.0 Å². The van der Waals surface area contributed by atoms with Gasteiger partial charge in [-0.1, -0.05) is 6.42 Å². The zero-order valence-corrected chi connectivity index (χ0v) is 12.5. The van der Waals surface area contributed by atoms with Gasteiger partial charge in [-0.05, 0) is 26.3 Å². The number of rotatable bonds is 4. The molecule has 2 heterocycles. The Hall–Kier alpha value is -1.89. The first-order valence-electron chi connectivity index (χ1n) is 7.29. The first kappa shape index (κ1) is 15.5. The number of aryl methyl sites for hydroxylation is 1. The summed E-state index contributed by atoms with van der Waals surface area (Å²) in [7, 11) is 1.63. The summed E-state index contributed by atoms with van der Waals surface area (Å²) in [4.78, 5) is 40.2. The number of likely N-dealkylation sites (tertiary alicyclic amines) is 1. The summed E-state index contributed by atoms with van der Waals surface area (Å²) < 4.78 is 1.18. The van der Waals surface area contributed by atoms with Gasteiger partial charge in [0.25, 0.3) is 5.56 Å². The highest BCUT2D eigenvalue weighted by Crippen LogP contribution is 2.16. The van der Waals surface area contributed by atoms with E-state index in [-0.39, 0.29) is 17.5 Å². The van der Waals surface area contributed by atoms with E-state index < -0.39 is 5.69 Å². The number of carbonyl (C=O) groups is 1. The van der Waals surface area contributed by atoms with E-state index in [9.17, 15) is 14.4 Å². The normalized spacial score (nSPS) is 19.4. The molecule has 1 unspecified atom stereocenters. The number of hydrogen-bond donors (Lipinski definition) is 2. The Morgan fingerprint density at radius 3 is 2.81 bits per heavy atom. The number of aromatic amines is 1. The summed E-state index contributed by atoms with van der Waals surface area (Å²) >= 11 is 0. The topological polar surface area (TPSA) is 87.2 Å². The molecule has 1 aliphatic heterocycles. The maximum atomic E-state index is 11.9. The molecular weight excluding hydrogens is 272 g/mol. The van der Waals surface area contributed by atoms with Gasteiger partial charge in [-0.2, -0.15) is 0 Å². The van der Waals surface area contributed by atoms with Crippen LogP contribution in [0.4, 0.5) is 0 Å². The Morgan fingerprint density at radius 2 is 2.14 bits per heavy atom. The van der Waals surface area contributed by atoms with E-state index in [4.69, 9.17) is 0 Å². The standard InChI is InChI=1S/C14H22N4O3/c1-10-9-12(19)18(14(21)16-10)8-7-17-6-4-3-5-11(17)13(20)15-2/h9,11H,3-8H2,1-2H3,(H,15,20)(H,16,21). The number of aromatic nitrogens is 2. The lowest BCUT2D eigenvalue weighted by atomic mass is 10.0. The van der Waals surface area contributed by atoms with E-state index in [1.165, 1.54) is 10.6 Å². The van der Waals surface area contributed by atoms with Crippen molar-refractivity contribution in [3.63, 3.8) is 0 Å². The number of nitrogens with one attached hydrogen (secondary N) is 2. The molecule has 1 saturated heterocycles. The van der Waals surface area contributed by atoms with Gasteiger partial charge in [-0.15, -0.1) is 0 Å². The average molecular weight is 294 g/mol. The second-order valence-electron chi connectivity index (χ2n) is 5.41. The van der Waals surface area contributed by atoms with Crippen LogP contribution < -0.4 is 16.6 Å². The van der Waals surface area contributed by atoms with E-state index in [0.29, 0.717) is 18.8 Å². The van der Waals surface area contributed by atoms with Gasteiger partial charge in [0.05, 0.1) is 6.04 Å². The van der Waals surface area contributed by atoms with Gasteiger partial charge in [-0.3, -0.25) is 19.1 Å². The Labute approximate surface area is 123 Å². The monoisotopic (exact) mass is 294 g/mol. The van der Waals surface area contributed by atoms with Gasteiger partial charge >= 0.3 is 5.69 Å². The summed E-state index contributed by atoms with van der Waals surface area (Å²) in [5.74, 6) is -0.000127. The predicted molar refractivity (Wildman–Crippen MR) is 79.3 cm³/mol. The SMILES string of the molecule is CNC(=O)C1CCCCN1CCn1c(=O)cc(C)[nH]c1=O. The molecule has 0 saturated carbocycles. The molecule has 116 valence electrons. The maximum Gasteiger partial charge on any atom is 0.328 e. The third kappa shape index (κ3) is 3.60. The molecule has 1 fully saturated rings. The molecule has 0 bridgehead atoms. The van der Waals surface area contributed by atoms with Gasteiger partial charge in [0, 0.05) is 31.9 Å². The molecule has 2 N–H and O–H groups in total. The molecular formula is C14H22N4O3. The Bertz CT molecular complexity index is 588. The maximum absolute atomic E-state index is 11.9. The zero-order chi connectivity index (χ0) is 15.4. The average Bonchev–Trinajstić information content (AvgIpc) is 2.45. The van der Waals surface area contributed by atoms with Crippen molar-refractivity contribution in [1.29, 1.82) is 0 Å². The second kappa shape index (κ2) is 6.71. The van der Waals surface area contributed by atoms with Crippen LogP contribution in [-0.4, -0.2) is 46.5 Å². The fraction of sp³-hybridized carbons (Fsp3) is 0.643. The van der Waals surface area contributed by atoms with Gasteiger partial charge in [0.15, 0.2) is 0 Å². The second-order valence-corrected chi connectivity index (χ2v) is 5.41. The van der Waals surface area contributed by atoms with Crippen molar-refractivity contribution in [2.24, 2.45) is 0 Å². The number of H-pyrrole nitrogens is 1. The summed E-state index contributed by atoms with van der Waals surface area (Å²) in [6.45, 7) is 3.31. The van der Waals surface area contributed by atoms with Crippen LogP contribution in [0.1, 0.15) is 25.0 Å². The van der Waals surface area contributed by atoms with E-state index in [1.807, 2.05) is 4.90 Å². The van der Waals surface area contributed by atoms with Crippen molar-refractivity contribution in [3.05, 3.63) is 32.6 Å². The van der Waals surface area contributed by atoms with Crippen molar-refractivity contribution < 1.29 is 4.79 Å². The molecule has 0 aromatic carbocycles. The first-order chi connectivity index (χ1) is 10.0. The highest BCUT2D eigenvalue weighted by Gasteiger charge is 2.27. The van der Waals surface area contributed by atoms with E-state index in [2.05, 4.69) is 10.3 Å². The minimum Gasteiger partial charge on any atom is -0.358 e. The summed E-state index contributed by atoms with van der Waals surface area (Å²) in [5, 5.41) is 2.68. The first-order valence-corrected chi connectivity index (χ1v) is 7.29. The lowest BCUT2D eigenvalue weighted by molar-refractivity contribution is -0.127. The molecule has 1 atom stereocenters. The van der Waals surface area contributed by atoms with Crippen LogP contribution in [0.5, 0.6) is 0 Å². The molecule has 21 heavy (non-hydrogen) atoms. The van der Waals surface area contributed by atoms with Crippen molar-refractivity contribution in [1.82, 2.24) is 19.8 Å². The minimum atomic E-state index is -0.395. The van der Waals surface area contributed by atoms with Crippen LogP contribution in [0, 0.1) is 6.92 Å². The van der Waals surface area contributed by atoms with Crippen molar-refractivity contribution in [2.75, 3.05) is 20.1 Å². The van der Waals surface area contributed by atoms with Crippen LogP contribution in [-0.2, 0) is 11.3 Å². The van der Waals surface area contributed by atoms with Gasteiger partial charge in [0.1, 0.15) is 0 Å². The van der Waals surface area contributed by atoms with Gasteiger partial charge in [0.2, 0.25) is 5.91 Å². The third-order valence-corrected chi connectivity index (χ3v) is 3.93. The molecule has 0 spiro atoms. The largest absolute Gasteiger partial charge is 0.358 e. The summed E-state index contributed by atoms with van der Waals surface area (Å²) in [5.41, 5.74) is -0.138. The quantitative estimate of drug-likeness (QED) is 0.780. The Balaban J connectivity index is 2.09. The number of nitrogens with zero attached hydrogens (tertiary/aromatic N) is 2. The lowest BCUT2D eigenvalue weighted by Crippen LogP contribution is -2.50. The molecule has 0 radical (unpaired) electrons. The van der Waals surface area contributed by atoms with Crippen molar-refractivity contribution in [2.45, 2.75) is 38.8 Å². The van der Waals surface area contributed by atoms with Crippen molar-refractivity contribution in [3.8, 4) is 0 Å². The molecule has 7 nitrogen and oxygen atoms in total. The predicted octanol–water partition coefficient (Wildman–Crippen LogP) is -0.554. The molecule has 7 heteroatoms. The number of carbonyl (C=O) groups excluding carboxylic acids is 1. The van der Waals surface area contributed by atoms with Crippen LogP contribution in [0.15, 0.2) is 15.7 Å². The van der Waals surface area contributed by atoms with Gasteiger partial charge < -0.3 is 10.3 Å². The number of likely N-dealkylation sites (N-methyl/N-ethyl adjacent to an activating group) is 1. The number of hydrogen-bond acceptors (Lipinski definition) is 4. The zero-order valence-electron chi connectivity index (χ0n) is 12.5. The smallest absolute Gasteiger partial charge is 0.328 e. The highest BCUT2D eigenvalue weighted by molar-refractivity contribution is 5.81. The molecule has 1 aromatic heterocycles. The van der Waals surface area contributed by atoms with Crippen LogP contribution in [0.2, 0.25) is 0 Å². The third-order valence-electron chi connectivity index (χ3n) is 3.93. The van der Waals surface area contributed by atoms with E-state index in [0.717, 1.165) is 25.8 Å². The highest BCUT2D eigenvalue weighted by atomic mass is 16.2. The lowest BCUT2D eigenvalue weighted by Gasteiger charge is -2.34. The van der Waals surface area contributed by atoms with Gasteiger partial charge in [-0.25, -0.2) is 4.79 Å². The fourth-order valence-corrected chi connectivity index (χ4v) is 2.80. The Kier molecular flexibility index (Phi) is 4.95. The molecule has 1 aliphatic rings. The minimum absolute atomic E-state index is 0.000127. The van der Waals surface area contributed by atoms with Crippen molar-refractivity contribution >= 4 is 5.91 Å². The number of piperidine rings is 1. The molecule has 1 amide bonds. The molecule has 2 rings (SSSR count). The fourth-order valence-electron chi connectivity index (χ4n) is 2.80.